The molecule has 2 nitrogen and oxygen atoms in total. The number of rotatable bonds is 5. The highest BCUT2D eigenvalue weighted by Gasteiger charge is 2.14. The lowest BCUT2D eigenvalue weighted by Gasteiger charge is -2.17. The highest BCUT2D eigenvalue weighted by Crippen LogP contribution is 2.22. The molecule has 0 fully saturated rings. The summed E-state index contributed by atoms with van der Waals surface area (Å²) in [6, 6.07) is 17.8. The summed E-state index contributed by atoms with van der Waals surface area (Å²) in [6.45, 7) is 4.08. The van der Waals surface area contributed by atoms with Crippen LogP contribution in [0.2, 0.25) is 0 Å². The third-order valence-electron chi connectivity index (χ3n) is 3.28. The van der Waals surface area contributed by atoms with Crippen LogP contribution in [0.5, 0.6) is 0 Å². The summed E-state index contributed by atoms with van der Waals surface area (Å²) >= 11 is 0. The second-order valence-electron chi connectivity index (χ2n) is 4.96. The first-order valence-corrected chi connectivity index (χ1v) is 6.99. The Morgan fingerprint density at radius 1 is 1.05 bits per heavy atom. The van der Waals surface area contributed by atoms with Gasteiger partial charge in [0, 0.05) is 0 Å². The van der Waals surface area contributed by atoms with Crippen LogP contribution in [0.3, 0.4) is 0 Å². The summed E-state index contributed by atoms with van der Waals surface area (Å²) in [5.74, 6) is -0.177. The van der Waals surface area contributed by atoms with E-state index in [1.807, 2.05) is 68.4 Å². The Kier molecular flexibility index (Phi) is 4.94. The molecule has 0 aliphatic rings. The number of carbonyl (C=O) groups excluding carboxylic acids is 1. The Labute approximate surface area is 120 Å². The molecule has 0 aromatic heterocycles. The summed E-state index contributed by atoms with van der Waals surface area (Å²) in [4.78, 5) is 12.0. The zero-order valence-electron chi connectivity index (χ0n) is 12.0. The molecule has 0 aliphatic carbocycles. The van der Waals surface area contributed by atoms with Gasteiger partial charge in [-0.05, 0) is 24.5 Å². The molecule has 0 unspecified atom stereocenters. The largest absolute Gasteiger partial charge is 0.457 e. The molecule has 0 aliphatic heterocycles. The van der Waals surface area contributed by atoms with Crippen LogP contribution in [-0.2, 0) is 16.0 Å². The van der Waals surface area contributed by atoms with Crippen LogP contribution >= 0.6 is 0 Å². The van der Waals surface area contributed by atoms with Crippen LogP contribution in [0.4, 0.5) is 0 Å². The number of carbonyl (C=O) groups is 1. The molecule has 0 saturated heterocycles. The van der Waals surface area contributed by atoms with Crippen molar-refractivity contribution in [3.8, 4) is 0 Å². The van der Waals surface area contributed by atoms with Crippen molar-refractivity contribution in [2.45, 2.75) is 32.8 Å². The van der Waals surface area contributed by atoms with E-state index in [1.165, 1.54) is 5.56 Å². The second kappa shape index (κ2) is 6.90. The van der Waals surface area contributed by atoms with Gasteiger partial charge in [-0.25, -0.2) is 0 Å². The van der Waals surface area contributed by atoms with Crippen molar-refractivity contribution >= 4 is 5.97 Å². The lowest BCUT2D eigenvalue weighted by Crippen LogP contribution is -2.13. The first kappa shape index (κ1) is 14.3. The second-order valence-corrected chi connectivity index (χ2v) is 4.96. The highest BCUT2D eigenvalue weighted by atomic mass is 16.5. The zero-order valence-corrected chi connectivity index (χ0v) is 12.0. The monoisotopic (exact) mass is 268 g/mol. The summed E-state index contributed by atoms with van der Waals surface area (Å²) < 4.78 is 5.59. The van der Waals surface area contributed by atoms with E-state index in [4.69, 9.17) is 4.74 Å². The maximum atomic E-state index is 12.0. The molecule has 0 amide bonds. The van der Waals surface area contributed by atoms with Gasteiger partial charge >= 0.3 is 5.97 Å². The first-order valence-electron chi connectivity index (χ1n) is 6.99. The molecule has 0 N–H and O–H groups in total. The van der Waals surface area contributed by atoms with E-state index in [2.05, 4.69) is 0 Å². The predicted octanol–water partition coefficient (Wildman–Crippen LogP) is 4.23. The Bertz CT molecular complexity index is 543. The number of ether oxygens (including phenoxy) is 1. The van der Waals surface area contributed by atoms with Gasteiger partial charge in [0.05, 0.1) is 6.42 Å². The van der Waals surface area contributed by atoms with Crippen LogP contribution in [0.25, 0.3) is 0 Å². The smallest absolute Gasteiger partial charge is 0.310 e. The van der Waals surface area contributed by atoms with E-state index in [0.29, 0.717) is 6.42 Å². The maximum absolute atomic E-state index is 12.0. The summed E-state index contributed by atoms with van der Waals surface area (Å²) in [5.41, 5.74) is 3.25. The Hall–Kier alpha value is -2.09. The van der Waals surface area contributed by atoms with E-state index in [1.54, 1.807) is 0 Å². The molecule has 1 atom stereocenters. The standard InChI is InChI=1S/C18H20O2/c1-3-17(16-11-9-14(2)10-12-16)20-18(19)13-15-7-5-4-6-8-15/h4-12,17H,3,13H2,1-2H3/t17-/m1/s1. The van der Waals surface area contributed by atoms with Crippen molar-refractivity contribution < 1.29 is 9.53 Å². The Morgan fingerprint density at radius 3 is 2.30 bits per heavy atom. The molecule has 104 valence electrons. The number of esters is 1. The number of hydrogen-bond acceptors (Lipinski definition) is 2. The molecule has 2 heteroatoms. The normalized spacial score (nSPS) is 11.9. The number of aryl methyl sites for hydroxylation is 1. The van der Waals surface area contributed by atoms with Crippen LogP contribution in [0, 0.1) is 6.92 Å². The molecular weight excluding hydrogens is 248 g/mol. The fourth-order valence-corrected chi connectivity index (χ4v) is 2.13. The lowest BCUT2D eigenvalue weighted by molar-refractivity contribution is -0.148. The molecule has 2 aromatic rings. The highest BCUT2D eigenvalue weighted by molar-refractivity contribution is 5.72. The summed E-state index contributed by atoms with van der Waals surface area (Å²) in [6.07, 6.45) is 0.944. The van der Waals surface area contributed by atoms with Crippen molar-refractivity contribution in [1.29, 1.82) is 0 Å². The van der Waals surface area contributed by atoms with Gasteiger partial charge in [-0.3, -0.25) is 4.79 Å². The van der Waals surface area contributed by atoms with Crippen LogP contribution in [0.15, 0.2) is 54.6 Å². The number of hydrogen-bond donors (Lipinski definition) is 0. The third-order valence-corrected chi connectivity index (χ3v) is 3.28. The van der Waals surface area contributed by atoms with E-state index in [-0.39, 0.29) is 12.1 Å². The number of benzene rings is 2. The molecule has 20 heavy (non-hydrogen) atoms. The van der Waals surface area contributed by atoms with Crippen molar-refractivity contribution in [2.75, 3.05) is 0 Å². The zero-order chi connectivity index (χ0) is 14.4. The molecule has 2 rings (SSSR count). The van der Waals surface area contributed by atoms with Crippen molar-refractivity contribution in [3.05, 3.63) is 71.3 Å². The van der Waals surface area contributed by atoms with Crippen molar-refractivity contribution in [3.63, 3.8) is 0 Å². The quantitative estimate of drug-likeness (QED) is 0.758. The minimum absolute atomic E-state index is 0.160. The van der Waals surface area contributed by atoms with E-state index < -0.39 is 0 Å². The lowest BCUT2D eigenvalue weighted by atomic mass is 10.1. The van der Waals surface area contributed by atoms with E-state index >= 15 is 0 Å². The van der Waals surface area contributed by atoms with Gasteiger partial charge in [-0.1, -0.05) is 67.1 Å². The van der Waals surface area contributed by atoms with Gasteiger partial charge in [-0.15, -0.1) is 0 Å². The predicted molar refractivity (Wildman–Crippen MR) is 80.4 cm³/mol. The summed E-state index contributed by atoms with van der Waals surface area (Å²) in [5, 5.41) is 0. The Morgan fingerprint density at radius 2 is 1.70 bits per heavy atom. The van der Waals surface area contributed by atoms with Crippen LogP contribution in [-0.4, -0.2) is 5.97 Å². The van der Waals surface area contributed by atoms with Gasteiger partial charge < -0.3 is 4.74 Å². The van der Waals surface area contributed by atoms with Gasteiger partial charge in [0.1, 0.15) is 6.10 Å². The van der Waals surface area contributed by atoms with E-state index in [9.17, 15) is 4.79 Å². The van der Waals surface area contributed by atoms with Gasteiger partial charge in [0.25, 0.3) is 0 Å². The maximum Gasteiger partial charge on any atom is 0.310 e. The summed E-state index contributed by atoms with van der Waals surface area (Å²) in [7, 11) is 0. The average molecular weight is 268 g/mol. The van der Waals surface area contributed by atoms with Crippen LogP contribution in [0.1, 0.15) is 36.1 Å². The minimum Gasteiger partial charge on any atom is -0.457 e. The molecule has 0 saturated carbocycles. The first-order chi connectivity index (χ1) is 9.69. The van der Waals surface area contributed by atoms with Crippen LogP contribution < -0.4 is 0 Å². The average Bonchev–Trinajstić information content (AvgIpc) is 2.47. The Balaban J connectivity index is 1.99. The molecule has 0 heterocycles. The third kappa shape index (κ3) is 3.95. The fraction of sp³-hybridized carbons (Fsp3) is 0.278. The fourth-order valence-electron chi connectivity index (χ4n) is 2.13. The van der Waals surface area contributed by atoms with Crippen molar-refractivity contribution in [1.82, 2.24) is 0 Å². The minimum atomic E-state index is -0.177. The van der Waals surface area contributed by atoms with Gasteiger partial charge in [-0.2, -0.15) is 0 Å². The molecule has 0 spiro atoms. The molecule has 2 aromatic carbocycles. The molecule has 0 radical (unpaired) electrons. The topological polar surface area (TPSA) is 26.3 Å². The van der Waals surface area contributed by atoms with Gasteiger partial charge in [0.15, 0.2) is 0 Å². The van der Waals surface area contributed by atoms with Crippen molar-refractivity contribution in [2.24, 2.45) is 0 Å². The SMILES string of the molecule is CC[C@@H](OC(=O)Cc1ccccc1)c1ccc(C)cc1. The van der Waals surface area contributed by atoms with Gasteiger partial charge in [0.2, 0.25) is 0 Å². The molecular formula is C18H20O2. The molecule has 0 bridgehead atoms. The van der Waals surface area contributed by atoms with E-state index in [0.717, 1.165) is 17.5 Å².